The van der Waals surface area contributed by atoms with E-state index in [-0.39, 0.29) is 0 Å². The third-order valence-electron chi connectivity index (χ3n) is 2.27. The Morgan fingerprint density at radius 3 is 3.23 bits per heavy atom. The summed E-state index contributed by atoms with van der Waals surface area (Å²) in [5.41, 5.74) is 0.394. The van der Waals surface area contributed by atoms with Gasteiger partial charge in [-0.05, 0) is 19.4 Å². The standard InChI is InChI=1S/C8H11N5/c9-4-7-6-13(12-11-7)8-2-1-3-10-5-8/h6,8,10H,1-3,5H2. The maximum Gasteiger partial charge on any atom is 0.182 e. The van der Waals surface area contributed by atoms with Crippen molar-refractivity contribution in [2.75, 3.05) is 13.1 Å². The highest BCUT2D eigenvalue weighted by Gasteiger charge is 2.15. The Bertz CT molecular complexity index is 318. The number of nitriles is 1. The van der Waals surface area contributed by atoms with E-state index in [0.29, 0.717) is 11.7 Å². The topological polar surface area (TPSA) is 66.5 Å². The van der Waals surface area contributed by atoms with Gasteiger partial charge in [0.2, 0.25) is 0 Å². The Morgan fingerprint density at radius 1 is 1.69 bits per heavy atom. The molecule has 1 saturated heterocycles. The molecule has 1 aliphatic rings. The van der Waals surface area contributed by atoms with Gasteiger partial charge in [0, 0.05) is 6.54 Å². The predicted octanol–water partition coefficient (Wildman–Crippen LogP) is 0.0743. The Kier molecular flexibility index (Phi) is 2.23. The van der Waals surface area contributed by atoms with Crippen LogP contribution in [0.15, 0.2) is 6.20 Å². The molecule has 1 unspecified atom stereocenters. The van der Waals surface area contributed by atoms with Crippen molar-refractivity contribution in [1.82, 2.24) is 20.3 Å². The molecule has 1 aromatic heterocycles. The lowest BCUT2D eigenvalue weighted by molar-refractivity contribution is 0.341. The van der Waals surface area contributed by atoms with E-state index in [4.69, 9.17) is 5.26 Å². The molecule has 1 N–H and O–H groups in total. The molecular weight excluding hydrogens is 166 g/mol. The Hall–Kier alpha value is -1.41. The lowest BCUT2D eigenvalue weighted by Crippen LogP contribution is -2.31. The van der Waals surface area contributed by atoms with Crippen LogP contribution in [0.3, 0.4) is 0 Å². The predicted molar refractivity (Wildman–Crippen MR) is 45.9 cm³/mol. The van der Waals surface area contributed by atoms with Gasteiger partial charge in [-0.25, -0.2) is 4.68 Å². The van der Waals surface area contributed by atoms with Gasteiger partial charge in [0.15, 0.2) is 5.69 Å². The van der Waals surface area contributed by atoms with Crippen LogP contribution in [0, 0.1) is 11.3 Å². The molecule has 0 spiro atoms. The number of rotatable bonds is 1. The number of aromatic nitrogens is 3. The van der Waals surface area contributed by atoms with Gasteiger partial charge < -0.3 is 5.32 Å². The van der Waals surface area contributed by atoms with Crippen molar-refractivity contribution in [1.29, 1.82) is 5.26 Å². The highest BCUT2D eigenvalue weighted by Crippen LogP contribution is 2.14. The second kappa shape index (κ2) is 3.54. The summed E-state index contributed by atoms with van der Waals surface area (Å²) in [6.07, 6.45) is 3.98. The van der Waals surface area contributed by atoms with Crippen molar-refractivity contribution < 1.29 is 0 Å². The van der Waals surface area contributed by atoms with Crippen LogP contribution in [0.1, 0.15) is 24.6 Å². The van der Waals surface area contributed by atoms with Gasteiger partial charge in [-0.3, -0.25) is 0 Å². The van der Waals surface area contributed by atoms with Crippen LogP contribution < -0.4 is 5.32 Å². The van der Waals surface area contributed by atoms with Gasteiger partial charge >= 0.3 is 0 Å². The molecule has 0 radical (unpaired) electrons. The third kappa shape index (κ3) is 1.68. The zero-order valence-electron chi connectivity index (χ0n) is 7.27. The quantitative estimate of drug-likeness (QED) is 0.659. The largest absolute Gasteiger partial charge is 0.315 e. The molecule has 0 saturated carbocycles. The van der Waals surface area contributed by atoms with Gasteiger partial charge in [0.25, 0.3) is 0 Å². The van der Waals surface area contributed by atoms with Gasteiger partial charge in [-0.2, -0.15) is 5.26 Å². The molecule has 1 fully saturated rings. The third-order valence-corrected chi connectivity index (χ3v) is 2.27. The van der Waals surface area contributed by atoms with Crippen molar-refractivity contribution in [3.8, 4) is 6.07 Å². The highest BCUT2D eigenvalue weighted by atomic mass is 15.4. The van der Waals surface area contributed by atoms with E-state index in [1.165, 1.54) is 0 Å². The molecule has 68 valence electrons. The Balaban J connectivity index is 2.11. The first-order valence-corrected chi connectivity index (χ1v) is 4.43. The molecule has 2 heterocycles. The zero-order chi connectivity index (χ0) is 9.10. The fourth-order valence-electron chi connectivity index (χ4n) is 1.57. The molecule has 0 aliphatic carbocycles. The molecule has 0 bridgehead atoms. The zero-order valence-corrected chi connectivity index (χ0v) is 7.27. The molecular formula is C8H11N5. The molecule has 1 atom stereocenters. The van der Waals surface area contributed by atoms with E-state index in [0.717, 1.165) is 25.9 Å². The van der Waals surface area contributed by atoms with E-state index in [1.807, 2.05) is 6.07 Å². The fraction of sp³-hybridized carbons (Fsp3) is 0.625. The van der Waals surface area contributed by atoms with Crippen LogP contribution in [0.5, 0.6) is 0 Å². The second-order valence-corrected chi connectivity index (χ2v) is 3.20. The molecule has 5 nitrogen and oxygen atoms in total. The molecule has 13 heavy (non-hydrogen) atoms. The number of nitrogens with zero attached hydrogens (tertiary/aromatic N) is 4. The highest BCUT2D eigenvalue weighted by molar-refractivity contribution is 5.13. The molecule has 1 aliphatic heterocycles. The molecule has 2 rings (SSSR count). The minimum absolute atomic E-state index is 0.364. The fourth-order valence-corrected chi connectivity index (χ4v) is 1.57. The van der Waals surface area contributed by atoms with Crippen molar-refractivity contribution in [3.05, 3.63) is 11.9 Å². The van der Waals surface area contributed by atoms with Crippen LogP contribution in [-0.4, -0.2) is 28.1 Å². The monoisotopic (exact) mass is 177 g/mol. The average Bonchev–Trinajstić information content (AvgIpc) is 2.67. The van der Waals surface area contributed by atoms with Gasteiger partial charge in [0.1, 0.15) is 6.07 Å². The van der Waals surface area contributed by atoms with E-state index in [2.05, 4.69) is 15.6 Å². The summed E-state index contributed by atoms with van der Waals surface area (Å²) in [6, 6.07) is 2.34. The van der Waals surface area contributed by atoms with Crippen LogP contribution in [0.25, 0.3) is 0 Å². The van der Waals surface area contributed by atoms with E-state index < -0.39 is 0 Å². The first-order chi connectivity index (χ1) is 6.40. The van der Waals surface area contributed by atoms with Crippen molar-refractivity contribution in [2.24, 2.45) is 0 Å². The number of hydrogen-bond donors (Lipinski definition) is 1. The van der Waals surface area contributed by atoms with Crippen molar-refractivity contribution in [3.63, 3.8) is 0 Å². The van der Waals surface area contributed by atoms with Crippen LogP contribution in [0.4, 0.5) is 0 Å². The van der Waals surface area contributed by atoms with E-state index in [9.17, 15) is 0 Å². The summed E-state index contributed by atoms with van der Waals surface area (Å²) in [6.45, 7) is 2.00. The minimum atomic E-state index is 0.364. The minimum Gasteiger partial charge on any atom is -0.315 e. The second-order valence-electron chi connectivity index (χ2n) is 3.20. The first-order valence-electron chi connectivity index (χ1n) is 4.43. The molecule has 1 aromatic rings. The summed E-state index contributed by atoms with van der Waals surface area (Å²) in [4.78, 5) is 0. The van der Waals surface area contributed by atoms with Crippen LogP contribution in [-0.2, 0) is 0 Å². The van der Waals surface area contributed by atoms with E-state index in [1.54, 1.807) is 10.9 Å². The summed E-state index contributed by atoms with van der Waals surface area (Å²) in [5.74, 6) is 0. The van der Waals surface area contributed by atoms with Gasteiger partial charge in [-0.15, -0.1) is 5.10 Å². The number of hydrogen-bond acceptors (Lipinski definition) is 4. The number of nitrogens with one attached hydrogen (secondary N) is 1. The summed E-state index contributed by atoms with van der Waals surface area (Å²) < 4.78 is 1.78. The van der Waals surface area contributed by atoms with Crippen LogP contribution >= 0.6 is 0 Å². The first kappa shape index (κ1) is 8.20. The lowest BCUT2D eigenvalue weighted by atomic mass is 10.1. The molecule has 0 amide bonds. The normalized spacial score (nSPS) is 22.5. The van der Waals surface area contributed by atoms with Gasteiger partial charge in [0.05, 0.1) is 12.2 Å². The lowest BCUT2D eigenvalue weighted by Gasteiger charge is -2.22. The van der Waals surface area contributed by atoms with Gasteiger partial charge in [-0.1, -0.05) is 5.21 Å². The molecule has 0 aromatic carbocycles. The summed E-state index contributed by atoms with van der Waals surface area (Å²) in [5, 5.41) is 19.5. The average molecular weight is 177 g/mol. The Labute approximate surface area is 76.4 Å². The molecule has 5 heteroatoms. The summed E-state index contributed by atoms with van der Waals surface area (Å²) >= 11 is 0. The maximum absolute atomic E-state index is 8.57. The van der Waals surface area contributed by atoms with E-state index >= 15 is 0 Å². The smallest absolute Gasteiger partial charge is 0.182 e. The van der Waals surface area contributed by atoms with Crippen LogP contribution in [0.2, 0.25) is 0 Å². The maximum atomic E-state index is 8.57. The Morgan fingerprint density at radius 2 is 2.62 bits per heavy atom. The summed E-state index contributed by atoms with van der Waals surface area (Å²) in [7, 11) is 0. The number of piperidine rings is 1. The van der Waals surface area contributed by atoms with Crippen molar-refractivity contribution >= 4 is 0 Å². The van der Waals surface area contributed by atoms with Crippen molar-refractivity contribution in [2.45, 2.75) is 18.9 Å². The SMILES string of the molecule is N#Cc1cn(C2CCCNC2)nn1.